The van der Waals surface area contributed by atoms with Gasteiger partial charge in [-0.2, -0.15) is 0 Å². The molecule has 152 valence electrons. The van der Waals surface area contributed by atoms with Crippen LogP contribution in [0.4, 0.5) is 0 Å². The average Bonchev–Trinajstić information content (AvgIpc) is 3.12. The zero-order valence-electron chi connectivity index (χ0n) is 15.1. The van der Waals surface area contributed by atoms with Crippen molar-refractivity contribution in [2.45, 2.75) is 42.8 Å². The second-order valence-corrected chi connectivity index (χ2v) is 7.73. The summed E-state index contributed by atoms with van der Waals surface area (Å²) in [7, 11) is 0. The van der Waals surface area contributed by atoms with Gasteiger partial charge >= 0.3 is 17.9 Å². The Hall–Kier alpha value is -2.43. The fraction of sp³-hybridized carbons (Fsp3) is 0.444. The molecule has 1 aromatic rings. The van der Waals surface area contributed by atoms with Crippen LogP contribution in [-0.4, -0.2) is 67.8 Å². The molecule has 1 aliphatic rings. The molecule has 0 spiro atoms. The van der Waals surface area contributed by atoms with Crippen LogP contribution in [0.25, 0.3) is 0 Å². The molecule has 1 aromatic carbocycles. The summed E-state index contributed by atoms with van der Waals surface area (Å²) in [5.74, 6) is -4.82. The molecule has 0 aromatic heterocycles. The number of thioether (sulfide) groups is 1. The van der Waals surface area contributed by atoms with E-state index in [1.807, 2.05) is 30.3 Å². The first-order valence-electron chi connectivity index (χ1n) is 8.62. The van der Waals surface area contributed by atoms with E-state index in [0.717, 1.165) is 5.56 Å². The molecule has 0 aliphatic carbocycles. The first kappa shape index (κ1) is 21.9. The first-order valence-corrected chi connectivity index (χ1v) is 9.61. The van der Waals surface area contributed by atoms with Gasteiger partial charge in [0, 0.05) is 5.75 Å². The van der Waals surface area contributed by atoms with Gasteiger partial charge in [0.1, 0.15) is 12.1 Å². The number of benzene rings is 1. The highest BCUT2D eigenvalue weighted by Crippen LogP contribution is 2.33. The minimum Gasteiger partial charge on any atom is -0.480 e. The van der Waals surface area contributed by atoms with E-state index in [1.165, 1.54) is 6.92 Å². The second kappa shape index (κ2) is 9.18. The maximum absolute atomic E-state index is 12.8. The highest BCUT2D eigenvalue weighted by molar-refractivity contribution is 8.02. The number of carboxylic acids is 3. The number of rotatable bonds is 10. The molecule has 1 fully saturated rings. The fourth-order valence-corrected chi connectivity index (χ4v) is 4.27. The number of aryl methyl sites for hydroxylation is 1. The van der Waals surface area contributed by atoms with E-state index in [0.29, 0.717) is 18.2 Å². The van der Waals surface area contributed by atoms with Crippen molar-refractivity contribution in [2.75, 3.05) is 5.75 Å². The second-order valence-electron chi connectivity index (χ2n) is 6.50. The van der Waals surface area contributed by atoms with Gasteiger partial charge in [-0.05, 0) is 25.3 Å². The number of carbonyl (C=O) groups is 4. The zero-order valence-corrected chi connectivity index (χ0v) is 15.9. The van der Waals surface area contributed by atoms with Gasteiger partial charge in [-0.15, -0.1) is 11.8 Å². The Morgan fingerprint density at radius 2 is 1.86 bits per heavy atom. The highest BCUT2D eigenvalue weighted by atomic mass is 32.2. The van der Waals surface area contributed by atoms with E-state index in [1.54, 1.807) is 0 Å². The number of Topliss-reactive ketones (excluding diaryl/α,β-unsaturated/α-hetero) is 1. The third kappa shape index (κ3) is 4.89. The Labute approximate surface area is 165 Å². The van der Waals surface area contributed by atoms with Crippen molar-refractivity contribution in [3.05, 3.63) is 35.9 Å². The number of hydrogen-bond donors (Lipinski definition) is 5. The molecule has 3 unspecified atom stereocenters. The molecule has 10 heteroatoms. The average molecular weight is 410 g/mol. The summed E-state index contributed by atoms with van der Waals surface area (Å²) in [6, 6.07) is 5.89. The van der Waals surface area contributed by atoms with Gasteiger partial charge in [-0.25, -0.2) is 4.79 Å². The summed E-state index contributed by atoms with van der Waals surface area (Å²) < 4.78 is 0. The molecular weight excluding hydrogens is 388 g/mol. The third-order valence-electron chi connectivity index (χ3n) is 4.50. The predicted octanol–water partition coefficient (Wildman–Crippen LogP) is 0.190. The van der Waals surface area contributed by atoms with Crippen molar-refractivity contribution in [1.29, 1.82) is 0 Å². The van der Waals surface area contributed by atoms with Crippen LogP contribution in [0.2, 0.25) is 0 Å². The standard InChI is InChI=1S/C18H22N2O7S/c1-10(14(21)18(17(26)27)20-13(9-28-18)16(24)25)19-12(15(22)23)8-7-11-5-3-2-4-6-11/h2-6,10,12-13,19-20H,7-9H2,1H3,(H,22,23)(H,24,25)(H,26,27)/t10-,12?,13?,18?/m1/s1. The number of ketones is 1. The molecule has 1 aliphatic heterocycles. The highest BCUT2D eigenvalue weighted by Gasteiger charge is 2.55. The van der Waals surface area contributed by atoms with Gasteiger partial charge in [0.25, 0.3) is 0 Å². The van der Waals surface area contributed by atoms with Gasteiger partial charge in [-0.3, -0.25) is 25.0 Å². The SMILES string of the molecule is C[C@@H](NC(CCc1ccccc1)C(=O)O)C(=O)C1(C(=O)O)NC(C(=O)O)CS1. The number of carboxylic acid groups (broad SMARTS) is 3. The molecule has 1 saturated heterocycles. The molecule has 2 rings (SSSR count). The molecule has 0 saturated carbocycles. The Morgan fingerprint density at radius 1 is 1.21 bits per heavy atom. The lowest BCUT2D eigenvalue weighted by molar-refractivity contribution is -0.146. The molecular formula is C18H22N2O7S. The van der Waals surface area contributed by atoms with Crippen LogP contribution in [0.1, 0.15) is 18.9 Å². The predicted molar refractivity (Wildman–Crippen MR) is 101 cm³/mol. The van der Waals surface area contributed by atoms with Crippen LogP contribution >= 0.6 is 11.8 Å². The smallest absolute Gasteiger partial charge is 0.342 e. The van der Waals surface area contributed by atoms with Crippen LogP contribution in [0.15, 0.2) is 30.3 Å². The number of carbonyl (C=O) groups excluding carboxylic acids is 1. The maximum Gasteiger partial charge on any atom is 0.342 e. The van der Waals surface area contributed by atoms with E-state index in [9.17, 15) is 29.4 Å². The molecule has 5 N–H and O–H groups in total. The molecule has 0 bridgehead atoms. The largest absolute Gasteiger partial charge is 0.480 e. The number of aliphatic carboxylic acids is 3. The number of nitrogens with one attached hydrogen (secondary N) is 2. The summed E-state index contributed by atoms with van der Waals surface area (Å²) in [6.45, 7) is 1.38. The summed E-state index contributed by atoms with van der Waals surface area (Å²) in [4.78, 5) is 45.1. The summed E-state index contributed by atoms with van der Waals surface area (Å²) >= 11 is 0.688. The minimum absolute atomic E-state index is 0.0868. The van der Waals surface area contributed by atoms with E-state index in [2.05, 4.69) is 10.6 Å². The van der Waals surface area contributed by atoms with Crippen molar-refractivity contribution in [3.63, 3.8) is 0 Å². The summed E-state index contributed by atoms with van der Waals surface area (Å²) in [6.07, 6.45) is 0.666. The lowest BCUT2D eigenvalue weighted by Gasteiger charge is -2.28. The normalized spacial score (nSPS) is 23.7. The van der Waals surface area contributed by atoms with E-state index in [-0.39, 0.29) is 12.2 Å². The van der Waals surface area contributed by atoms with Crippen LogP contribution < -0.4 is 10.6 Å². The lowest BCUT2D eigenvalue weighted by atomic mass is 10.0. The summed E-state index contributed by atoms with van der Waals surface area (Å²) in [5.41, 5.74) is 0.939. The van der Waals surface area contributed by atoms with E-state index in [4.69, 9.17) is 5.11 Å². The van der Waals surface area contributed by atoms with Crippen LogP contribution in [-0.2, 0) is 25.6 Å². The topological polar surface area (TPSA) is 153 Å². The fourth-order valence-electron chi connectivity index (χ4n) is 2.96. The lowest BCUT2D eigenvalue weighted by Crippen LogP contribution is -2.61. The van der Waals surface area contributed by atoms with Crippen molar-refractivity contribution < 1.29 is 34.5 Å². The summed E-state index contributed by atoms with van der Waals surface area (Å²) in [5, 5.41) is 33.1. The van der Waals surface area contributed by atoms with E-state index < -0.39 is 46.7 Å². The number of hydrogen-bond acceptors (Lipinski definition) is 7. The van der Waals surface area contributed by atoms with Crippen molar-refractivity contribution in [3.8, 4) is 0 Å². The maximum atomic E-state index is 12.8. The van der Waals surface area contributed by atoms with Gasteiger partial charge in [0.2, 0.25) is 4.87 Å². The third-order valence-corrected chi connectivity index (χ3v) is 5.92. The van der Waals surface area contributed by atoms with Crippen LogP contribution in [0, 0.1) is 0 Å². The molecule has 1 heterocycles. The van der Waals surface area contributed by atoms with E-state index >= 15 is 0 Å². The molecule has 0 amide bonds. The van der Waals surface area contributed by atoms with Gasteiger partial charge in [-0.1, -0.05) is 30.3 Å². The quantitative estimate of drug-likeness (QED) is 0.338. The Morgan fingerprint density at radius 3 is 2.36 bits per heavy atom. The van der Waals surface area contributed by atoms with Crippen LogP contribution in [0.5, 0.6) is 0 Å². The van der Waals surface area contributed by atoms with Crippen molar-refractivity contribution >= 4 is 35.5 Å². The Kier molecular flexibility index (Phi) is 7.17. The zero-order chi connectivity index (χ0) is 20.9. The van der Waals surface area contributed by atoms with Gasteiger partial charge in [0.15, 0.2) is 5.78 Å². The Bertz CT molecular complexity index is 758. The first-order chi connectivity index (χ1) is 13.2. The van der Waals surface area contributed by atoms with Gasteiger partial charge in [0.05, 0.1) is 6.04 Å². The Balaban J connectivity index is 2.07. The minimum atomic E-state index is -2.13. The van der Waals surface area contributed by atoms with Crippen LogP contribution in [0.3, 0.4) is 0 Å². The monoisotopic (exact) mass is 410 g/mol. The van der Waals surface area contributed by atoms with Crippen molar-refractivity contribution in [2.24, 2.45) is 0 Å². The molecule has 9 nitrogen and oxygen atoms in total. The molecule has 28 heavy (non-hydrogen) atoms. The van der Waals surface area contributed by atoms with Gasteiger partial charge < -0.3 is 15.3 Å². The molecule has 0 radical (unpaired) electrons. The van der Waals surface area contributed by atoms with Crippen molar-refractivity contribution in [1.82, 2.24) is 10.6 Å². The molecule has 4 atom stereocenters.